The predicted molar refractivity (Wildman–Crippen MR) is 180 cm³/mol. The van der Waals surface area contributed by atoms with E-state index in [-0.39, 0.29) is 0 Å². The zero-order valence-electron chi connectivity index (χ0n) is 29.6. The molecular weight excluding hydrogens is 520 g/mol. The van der Waals surface area contributed by atoms with Crippen LogP contribution in [-0.2, 0) is 19.6 Å². The van der Waals surface area contributed by atoms with Crippen LogP contribution in [0.2, 0.25) is 0 Å². The summed E-state index contributed by atoms with van der Waals surface area (Å²) in [4.78, 5) is 24.0. The highest BCUT2D eigenvalue weighted by Crippen LogP contribution is 2.42. The molecule has 0 aliphatic heterocycles. The van der Waals surface area contributed by atoms with Gasteiger partial charge in [0, 0.05) is 12.8 Å². The Hall–Kier alpha value is -0.160. The third-order valence-electron chi connectivity index (χ3n) is 10.3. The Balaban J connectivity index is 2.61. The minimum atomic E-state index is -0.730. The van der Waals surface area contributed by atoms with Crippen molar-refractivity contribution in [1.82, 2.24) is 0 Å². The Labute approximate surface area is 264 Å². The van der Waals surface area contributed by atoms with Crippen LogP contribution in [0.1, 0.15) is 215 Å². The maximum Gasteiger partial charge on any atom is 0.233 e. The third kappa shape index (κ3) is 16.8. The first-order valence-electron chi connectivity index (χ1n) is 19.1. The Bertz CT molecular complexity index is 498. The molecule has 0 radical (unpaired) electrons. The van der Waals surface area contributed by atoms with Crippen LogP contribution in [0.25, 0.3) is 0 Å². The molecule has 0 N–H and O–H groups in total. The second kappa shape index (κ2) is 25.1. The van der Waals surface area contributed by atoms with Crippen LogP contribution in [0.5, 0.6) is 0 Å². The molecule has 0 saturated heterocycles. The van der Waals surface area contributed by atoms with Gasteiger partial charge in [0.1, 0.15) is 0 Å². The van der Waals surface area contributed by atoms with Crippen LogP contribution >= 0.6 is 0 Å². The summed E-state index contributed by atoms with van der Waals surface area (Å²) in [6.45, 7) is 15.3. The number of unbranched alkanes of at least 4 members (excludes halogenated alkanes) is 6. The highest BCUT2D eigenvalue weighted by atomic mass is 17.3. The molecule has 1 aliphatic carbocycles. The lowest BCUT2D eigenvalue weighted by molar-refractivity contribution is -0.517. The monoisotopic (exact) mass is 597 g/mol. The van der Waals surface area contributed by atoms with Crippen LogP contribution < -0.4 is 0 Å². The van der Waals surface area contributed by atoms with Crippen molar-refractivity contribution in [3.05, 3.63) is 0 Å². The van der Waals surface area contributed by atoms with E-state index in [1.54, 1.807) is 0 Å². The molecule has 1 rings (SSSR count). The van der Waals surface area contributed by atoms with Crippen molar-refractivity contribution in [2.75, 3.05) is 13.2 Å². The summed E-state index contributed by atoms with van der Waals surface area (Å²) in [6.07, 6.45) is 33.7. The minimum Gasteiger partial charge on any atom is -0.234 e. The molecule has 0 aromatic rings. The first-order chi connectivity index (χ1) is 20.5. The summed E-state index contributed by atoms with van der Waals surface area (Å²) in [5.41, 5.74) is 0.961. The van der Waals surface area contributed by atoms with E-state index in [1.165, 1.54) is 135 Å². The summed E-state index contributed by atoms with van der Waals surface area (Å²) in [7, 11) is 0. The fourth-order valence-corrected chi connectivity index (χ4v) is 7.39. The Morgan fingerprint density at radius 3 is 0.976 bits per heavy atom. The van der Waals surface area contributed by atoms with Crippen molar-refractivity contribution in [1.29, 1.82) is 0 Å². The van der Waals surface area contributed by atoms with Gasteiger partial charge in [-0.1, -0.05) is 125 Å². The van der Waals surface area contributed by atoms with Gasteiger partial charge in [-0.2, -0.15) is 9.78 Å². The SMILES string of the molecule is CCCCC(CCCC)(CCCC)CCCOOC1(OOCCCC(CCCC)(CCCC)CCCC)CCCCC1. The minimum absolute atomic E-state index is 0.480. The molecule has 0 atom stereocenters. The molecule has 1 aliphatic rings. The Kier molecular flexibility index (Phi) is 23.8. The smallest absolute Gasteiger partial charge is 0.233 e. The third-order valence-corrected chi connectivity index (χ3v) is 10.3. The average Bonchev–Trinajstić information content (AvgIpc) is 3.02. The standard InChI is InChI=1S/C38H76O4/c1-7-13-24-36(25-14-8-2,26-15-9-3)30-22-34-39-41-38(32-20-19-21-33-38)42-40-35-23-31-37(27-16-10-4,28-17-11-5)29-18-12-6/h7-35H2,1-6H3. The Morgan fingerprint density at radius 2 is 0.690 bits per heavy atom. The Morgan fingerprint density at radius 1 is 0.405 bits per heavy atom. The first kappa shape index (κ1) is 39.9. The fraction of sp³-hybridized carbons (Fsp3) is 1.00. The first-order valence-corrected chi connectivity index (χ1v) is 19.1. The van der Waals surface area contributed by atoms with Crippen LogP contribution in [0, 0.1) is 10.8 Å². The van der Waals surface area contributed by atoms with Gasteiger partial charge < -0.3 is 0 Å². The van der Waals surface area contributed by atoms with Gasteiger partial charge >= 0.3 is 0 Å². The largest absolute Gasteiger partial charge is 0.234 e. The van der Waals surface area contributed by atoms with Crippen molar-refractivity contribution in [2.45, 2.75) is 221 Å². The lowest BCUT2D eigenvalue weighted by atomic mass is 9.71. The van der Waals surface area contributed by atoms with Gasteiger partial charge in [-0.05, 0) is 87.9 Å². The van der Waals surface area contributed by atoms with Crippen LogP contribution in [0.4, 0.5) is 0 Å². The van der Waals surface area contributed by atoms with Gasteiger partial charge in [-0.15, -0.1) is 0 Å². The predicted octanol–water partition coefficient (Wildman–Crippen LogP) is 13.2. The molecule has 0 bridgehead atoms. The normalized spacial score (nSPS) is 15.9. The van der Waals surface area contributed by atoms with Gasteiger partial charge in [0.2, 0.25) is 5.79 Å². The van der Waals surface area contributed by atoms with E-state index < -0.39 is 5.79 Å². The summed E-state index contributed by atoms with van der Waals surface area (Å²) in [6, 6.07) is 0. The zero-order valence-corrected chi connectivity index (χ0v) is 29.6. The lowest BCUT2D eigenvalue weighted by Gasteiger charge is -2.36. The van der Waals surface area contributed by atoms with E-state index >= 15 is 0 Å². The number of rotatable bonds is 30. The highest BCUT2D eigenvalue weighted by Gasteiger charge is 2.38. The fourth-order valence-electron chi connectivity index (χ4n) is 7.39. The van der Waals surface area contributed by atoms with E-state index in [2.05, 4.69) is 41.5 Å². The number of hydrogen-bond donors (Lipinski definition) is 0. The van der Waals surface area contributed by atoms with Gasteiger partial charge in [0.25, 0.3) is 0 Å². The second-order valence-corrected chi connectivity index (χ2v) is 14.1. The van der Waals surface area contributed by atoms with Crippen molar-refractivity contribution in [3.63, 3.8) is 0 Å². The van der Waals surface area contributed by atoms with E-state index in [0.29, 0.717) is 24.0 Å². The quantitative estimate of drug-likeness (QED) is 0.0358. The maximum atomic E-state index is 6.09. The maximum absolute atomic E-state index is 6.09. The van der Waals surface area contributed by atoms with Crippen molar-refractivity contribution in [2.24, 2.45) is 10.8 Å². The van der Waals surface area contributed by atoms with Gasteiger partial charge in [-0.25, -0.2) is 9.78 Å². The molecule has 0 spiro atoms. The van der Waals surface area contributed by atoms with Crippen LogP contribution in [0.3, 0.4) is 0 Å². The summed E-state index contributed by atoms with van der Waals surface area (Å²) in [5, 5.41) is 0. The summed E-state index contributed by atoms with van der Waals surface area (Å²) in [5.74, 6) is -0.730. The van der Waals surface area contributed by atoms with E-state index in [1.807, 2.05) is 0 Å². The molecule has 4 nitrogen and oxygen atoms in total. The van der Waals surface area contributed by atoms with Crippen LogP contribution in [0.15, 0.2) is 0 Å². The second-order valence-electron chi connectivity index (χ2n) is 14.1. The highest BCUT2D eigenvalue weighted by molar-refractivity contribution is 4.81. The topological polar surface area (TPSA) is 36.9 Å². The van der Waals surface area contributed by atoms with E-state index in [9.17, 15) is 0 Å². The van der Waals surface area contributed by atoms with E-state index in [0.717, 1.165) is 38.5 Å². The molecule has 0 heterocycles. The molecule has 0 unspecified atom stereocenters. The molecule has 4 heteroatoms. The van der Waals surface area contributed by atoms with Gasteiger partial charge in [-0.3, -0.25) is 0 Å². The van der Waals surface area contributed by atoms with Crippen molar-refractivity contribution < 1.29 is 19.6 Å². The zero-order chi connectivity index (χ0) is 30.8. The molecular formula is C38H76O4. The van der Waals surface area contributed by atoms with Crippen molar-refractivity contribution >= 4 is 0 Å². The number of hydrogen-bond acceptors (Lipinski definition) is 4. The molecule has 252 valence electrons. The lowest BCUT2D eigenvalue weighted by Crippen LogP contribution is -2.38. The molecule has 0 amide bonds. The summed E-state index contributed by atoms with van der Waals surface area (Å²) < 4.78 is 0. The molecule has 42 heavy (non-hydrogen) atoms. The van der Waals surface area contributed by atoms with Gasteiger partial charge in [0.15, 0.2) is 0 Å². The van der Waals surface area contributed by atoms with Crippen LogP contribution in [-0.4, -0.2) is 19.0 Å². The molecule has 1 fully saturated rings. The average molecular weight is 597 g/mol. The van der Waals surface area contributed by atoms with E-state index in [4.69, 9.17) is 19.6 Å². The molecule has 0 aromatic heterocycles. The van der Waals surface area contributed by atoms with Crippen molar-refractivity contribution in [3.8, 4) is 0 Å². The molecule has 1 saturated carbocycles. The van der Waals surface area contributed by atoms with Gasteiger partial charge in [0.05, 0.1) is 13.2 Å². The summed E-state index contributed by atoms with van der Waals surface area (Å²) >= 11 is 0. The molecule has 0 aromatic carbocycles.